The summed E-state index contributed by atoms with van der Waals surface area (Å²) in [6, 6.07) is 4.55. The van der Waals surface area contributed by atoms with E-state index >= 15 is 0 Å². The second kappa shape index (κ2) is 6.00. The average Bonchev–Trinajstić information content (AvgIpc) is 2.65. The number of hydrogen-bond donors (Lipinski definition) is 3. The molecule has 7 heteroatoms. The molecule has 0 atom stereocenters. The van der Waals surface area contributed by atoms with Crippen molar-refractivity contribution in [3.63, 3.8) is 0 Å². The molecular formula is C15H22BFN2O3. The van der Waals surface area contributed by atoms with Gasteiger partial charge in [0.1, 0.15) is 5.82 Å². The molecular weight excluding hydrogens is 286 g/mol. The summed E-state index contributed by atoms with van der Waals surface area (Å²) in [5.41, 5.74) is 2.61. The van der Waals surface area contributed by atoms with Crippen molar-refractivity contribution in [2.24, 2.45) is 5.84 Å². The topological polar surface area (TPSA) is 76.7 Å². The zero-order chi connectivity index (χ0) is 16.5. The van der Waals surface area contributed by atoms with Crippen LogP contribution >= 0.6 is 0 Å². The monoisotopic (exact) mass is 308 g/mol. The normalized spacial score (nSPS) is 20.3. The van der Waals surface area contributed by atoms with Gasteiger partial charge >= 0.3 is 7.12 Å². The van der Waals surface area contributed by atoms with E-state index in [-0.39, 0.29) is 12.3 Å². The van der Waals surface area contributed by atoms with Crippen molar-refractivity contribution in [3.05, 3.63) is 35.1 Å². The van der Waals surface area contributed by atoms with E-state index in [9.17, 15) is 9.50 Å². The molecule has 0 unspecified atom stereocenters. The van der Waals surface area contributed by atoms with Crippen molar-refractivity contribution in [1.82, 2.24) is 0 Å². The maximum Gasteiger partial charge on any atom is 0.492 e. The van der Waals surface area contributed by atoms with Crippen LogP contribution in [0.25, 0.3) is 6.08 Å². The van der Waals surface area contributed by atoms with Crippen LogP contribution < -0.4 is 11.3 Å². The second-order valence-corrected chi connectivity index (χ2v) is 6.35. The first kappa shape index (κ1) is 17.0. The van der Waals surface area contributed by atoms with Crippen LogP contribution in [0.3, 0.4) is 0 Å². The molecule has 0 amide bonds. The molecule has 0 aliphatic carbocycles. The predicted molar refractivity (Wildman–Crippen MR) is 85.4 cm³/mol. The molecule has 4 N–H and O–H groups in total. The molecule has 0 spiro atoms. The minimum atomic E-state index is -0.662. The van der Waals surface area contributed by atoms with Crippen molar-refractivity contribution in [2.45, 2.75) is 38.9 Å². The number of nitrogen functional groups attached to an aromatic ring is 1. The van der Waals surface area contributed by atoms with Gasteiger partial charge < -0.3 is 19.8 Å². The third-order valence-corrected chi connectivity index (χ3v) is 4.24. The smallest absolute Gasteiger partial charge is 0.400 e. The van der Waals surface area contributed by atoms with Crippen LogP contribution in [0.2, 0.25) is 0 Å². The molecule has 1 fully saturated rings. The van der Waals surface area contributed by atoms with Crippen LogP contribution in [-0.2, 0) is 9.31 Å². The molecule has 120 valence electrons. The molecule has 1 saturated heterocycles. The van der Waals surface area contributed by atoms with Gasteiger partial charge in [0.25, 0.3) is 0 Å². The number of nitrogens with one attached hydrogen (secondary N) is 1. The zero-order valence-corrected chi connectivity index (χ0v) is 13.3. The zero-order valence-electron chi connectivity index (χ0n) is 13.3. The Kier molecular flexibility index (Phi) is 4.63. The lowest BCUT2D eigenvalue weighted by molar-refractivity contribution is 0.00578. The van der Waals surface area contributed by atoms with Gasteiger partial charge in [-0.1, -0.05) is 12.1 Å². The summed E-state index contributed by atoms with van der Waals surface area (Å²) in [5, 5.41) is 9.60. The standard InChI is InChI=1S/C15H22BFN2O3/c1-14(2)15(3,4)22-16(21-14)11(9-20)7-10-5-6-13(19-18)12(17)8-10/h5-8,19-20H,9,18H2,1-4H3. The molecule has 1 aliphatic heterocycles. The Labute approximate surface area is 130 Å². The number of aliphatic hydroxyl groups excluding tert-OH is 1. The van der Waals surface area contributed by atoms with Crippen molar-refractivity contribution < 1.29 is 18.8 Å². The minimum Gasteiger partial charge on any atom is -0.400 e. The summed E-state index contributed by atoms with van der Waals surface area (Å²) in [6.45, 7) is 7.49. The fourth-order valence-corrected chi connectivity index (χ4v) is 2.13. The minimum absolute atomic E-state index is 0.207. The van der Waals surface area contributed by atoms with Gasteiger partial charge in [0.05, 0.1) is 23.5 Å². The van der Waals surface area contributed by atoms with E-state index in [4.69, 9.17) is 15.2 Å². The van der Waals surface area contributed by atoms with E-state index < -0.39 is 24.1 Å². The molecule has 1 aliphatic rings. The van der Waals surface area contributed by atoms with E-state index in [1.807, 2.05) is 27.7 Å². The highest BCUT2D eigenvalue weighted by Crippen LogP contribution is 2.38. The number of halogens is 1. The van der Waals surface area contributed by atoms with Gasteiger partial charge in [0.2, 0.25) is 0 Å². The second-order valence-electron chi connectivity index (χ2n) is 6.35. The first-order chi connectivity index (χ1) is 10.2. The number of aliphatic hydroxyl groups is 1. The molecule has 0 bridgehead atoms. The largest absolute Gasteiger partial charge is 0.492 e. The number of hydrogen-bond acceptors (Lipinski definition) is 5. The quantitative estimate of drug-likeness (QED) is 0.451. The lowest BCUT2D eigenvalue weighted by Crippen LogP contribution is -2.41. The molecule has 22 heavy (non-hydrogen) atoms. The first-order valence-electron chi connectivity index (χ1n) is 7.13. The lowest BCUT2D eigenvalue weighted by Gasteiger charge is -2.32. The molecule has 0 saturated carbocycles. The van der Waals surface area contributed by atoms with Crippen LogP contribution in [0, 0.1) is 5.82 Å². The molecule has 1 aromatic carbocycles. The van der Waals surface area contributed by atoms with Crippen molar-refractivity contribution in [1.29, 1.82) is 0 Å². The Hall–Kier alpha value is -1.41. The SMILES string of the molecule is CC1(C)OB(C(=Cc2ccc(NN)c(F)c2)CO)OC1(C)C. The van der Waals surface area contributed by atoms with Gasteiger partial charge in [-0.05, 0) is 50.9 Å². The van der Waals surface area contributed by atoms with Gasteiger partial charge in [0.15, 0.2) is 0 Å². The predicted octanol–water partition coefficient (Wildman–Crippen LogP) is 2.12. The third-order valence-electron chi connectivity index (χ3n) is 4.24. The van der Waals surface area contributed by atoms with Gasteiger partial charge in [-0.3, -0.25) is 5.84 Å². The van der Waals surface area contributed by atoms with E-state index in [2.05, 4.69) is 5.43 Å². The fourth-order valence-electron chi connectivity index (χ4n) is 2.13. The molecule has 1 aromatic rings. The first-order valence-corrected chi connectivity index (χ1v) is 7.13. The number of anilines is 1. The van der Waals surface area contributed by atoms with Crippen molar-refractivity contribution in [2.75, 3.05) is 12.0 Å². The number of nitrogens with two attached hydrogens (primary N) is 1. The maximum absolute atomic E-state index is 13.7. The maximum atomic E-state index is 13.7. The molecule has 5 nitrogen and oxygen atoms in total. The number of rotatable bonds is 4. The van der Waals surface area contributed by atoms with E-state index in [1.165, 1.54) is 12.1 Å². The van der Waals surface area contributed by atoms with E-state index in [1.54, 1.807) is 12.1 Å². The summed E-state index contributed by atoms with van der Waals surface area (Å²) in [7, 11) is -0.662. The van der Waals surface area contributed by atoms with Crippen molar-refractivity contribution >= 4 is 18.9 Å². The van der Waals surface area contributed by atoms with Gasteiger partial charge in [0, 0.05) is 0 Å². The van der Waals surface area contributed by atoms with Crippen LogP contribution in [0.1, 0.15) is 33.3 Å². The summed E-state index contributed by atoms with van der Waals surface area (Å²) in [4.78, 5) is 0. The van der Waals surface area contributed by atoms with Gasteiger partial charge in [-0.15, -0.1) is 0 Å². The lowest BCUT2D eigenvalue weighted by atomic mass is 9.77. The Morgan fingerprint density at radius 3 is 2.36 bits per heavy atom. The average molecular weight is 308 g/mol. The summed E-state index contributed by atoms with van der Waals surface area (Å²) < 4.78 is 25.5. The van der Waals surface area contributed by atoms with Gasteiger partial charge in [-0.2, -0.15) is 0 Å². The number of benzene rings is 1. The highest BCUT2D eigenvalue weighted by molar-refractivity contribution is 6.55. The molecule has 0 radical (unpaired) electrons. The van der Waals surface area contributed by atoms with E-state index in [0.29, 0.717) is 11.0 Å². The Morgan fingerprint density at radius 1 is 1.32 bits per heavy atom. The third kappa shape index (κ3) is 3.17. The highest BCUT2D eigenvalue weighted by Gasteiger charge is 2.52. The Balaban J connectivity index is 2.27. The Morgan fingerprint density at radius 2 is 1.91 bits per heavy atom. The summed E-state index contributed by atoms with van der Waals surface area (Å²) in [5.74, 6) is 4.73. The molecule has 0 aromatic heterocycles. The van der Waals surface area contributed by atoms with Crippen LogP contribution in [0.15, 0.2) is 23.7 Å². The van der Waals surface area contributed by atoms with Crippen LogP contribution in [0.4, 0.5) is 10.1 Å². The summed E-state index contributed by atoms with van der Waals surface area (Å²) in [6.07, 6.45) is 1.66. The molecule has 2 rings (SSSR count). The fraction of sp³-hybridized carbons (Fsp3) is 0.467. The van der Waals surface area contributed by atoms with Gasteiger partial charge in [-0.25, -0.2) is 4.39 Å². The Bertz CT molecular complexity index is 574. The van der Waals surface area contributed by atoms with Crippen molar-refractivity contribution in [3.8, 4) is 0 Å². The highest BCUT2D eigenvalue weighted by atomic mass is 19.1. The molecule has 1 heterocycles. The number of hydrazine groups is 1. The van der Waals surface area contributed by atoms with Crippen LogP contribution in [-0.4, -0.2) is 30.0 Å². The van der Waals surface area contributed by atoms with E-state index in [0.717, 1.165) is 0 Å². The van der Waals surface area contributed by atoms with Crippen LogP contribution in [0.5, 0.6) is 0 Å². The summed E-state index contributed by atoms with van der Waals surface area (Å²) >= 11 is 0.